The number of aliphatic hydroxyl groups excluding tert-OH is 2. The number of aliphatic hydroxyl groups is 2. The predicted octanol–water partition coefficient (Wildman–Crippen LogP) is 4.83. The fraction of sp³-hybridized carbons (Fsp3) is 0.739. The topological polar surface area (TPSA) is 58.9 Å². The van der Waals surface area contributed by atoms with E-state index in [1.54, 1.807) is 37.4 Å². The highest BCUT2D eigenvalue weighted by Crippen LogP contribution is 2.40. The molecule has 0 unspecified atom stereocenters. The number of alkyl halides is 2. The molecule has 166 valence electrons. The molecule has 6 heteroatoms. The van der Waals surface area contributed by atoms with Crippen LogP contribution in [0.25, 0.3) is 0 Å². The average molecular weight is 415 g/mol. The summed E-state index contributed by atoms with van der Waals surface area (Å²) in [6.45, 7) is 0.103. The minimum Gasteiger partial charge on any atom is -0.487 e. The van der Waals surface area contributed by atoms with Crippen LogP contribution in [0.3, 0.4) is 0 Å². The van der Waals surface area contributed by atoms with Crippen LogP contribution in [0.15, 0.2) is 30.3 Å². The first kappa shape index (κ1) is 24.0. The van der Waals surface area contributed by atoms with Gasteiger partial charge in [0.25, 0.3) is 5.92 Å². The van der Waals surface area contributed by atoms with Gasteiger partial charge >= 0.3 is 0 Å². The lowest BCUT2D eigenvalue weighted by molar-refractivity contribution is -0.0571. The van der Waals surface area contributed by atoms with E-state index in [1.165, 1.54) is 0 Å². The molecule has 29 heavy (non-hydrogen) atoms. The Balaban J connectivity index is 1.74. The molecule has 2 N–H and O–H groups in total. The van der Waals surface area contributed by atoms with Crippen LogP contribution in [0.4, 0.5) is 8.78 Å². The third-order valence-electron chi connectivity index (χ3n) is 5.94. The Hall–Kier alpha value is -1.24. The average Bonchev–Trinajstić information content (AvgIpc) is 2.97. The molecule has 4 nitrogen and oxygen atoms in total. The van der Waals surface area contributed by atoms with Gasteiger partial charge in [-0.2, -0.15) is 0 Å². The van der Waals surface area contributed by atoms with Gasteiger partial charge in [-0.15, -0.1) is 0 Å². The second-order valence-corrected chi connectivity index (χ2v) is 8.24. The second-order valence-electron chi connectivity index (χ2n) is 8.24. The first-order valence-electron chi connectivity index (χ1n) is 10.8. The molecule has 1 fully saturated rings. The van der Waals surface area contributed by atoms with Crippen LogP contribution in [-0.4, -0.2) is 48.7 Å². The lowest BCUT2D eigenvalue weighted by atomic mass is 9.85. The zero-order chi connectivity index (χ0) is 21.1. The fourth-order valence-corrected chi connectivity index (χ4v) is 4.29. The maximum atomic E-state index is 14.3. The van der Waals surface area contributed by atoms with Gasteiger partial charge in [0.1, 0.15) is 5.75 Å². The van der Waals surface area contributed by atoms with Crippen LogP contribution in [0.1, 0.15) is 57.8 Å². The summed E-state index contributed by atoms with van der Waals surface area (Å²) in [7, 11) is 1.70. The van der Waals surface area contributed by atoms with Crippen molar-refractivity contribution >= 4 is 0 Å². The number of para-hydroxylation sites is 1. The van der Waals surface area contributed by atoms with E-state index in [9.17, 15) is 19.0 Å². The van der Waals surface area contributed by atoms with Crippen molar-refractivity contribution in [2.24, 2.45) is 11.8 Å². The van der Waals surface area contributed by atoms with Crippen LogP contribution in [-0.2, 0) is 4.74 Å². The first-order valence-corrected chi connectivity index (χ1v) is 10.8. The highest BCUT2D eigenvalue weighted by molar-refractivity contribution is 5.20. The Morgan fingerprint density at radius 1 is 0.931 bits per heavy atom. The van der Waals surface area contributed by atoms with Crippen molar-refractivity contribution in [2.45, 2.75) is 75.9 Å². The van der Waals surface area contributed by atoms with Crippen molar-refractivity contribution < 1.29 is 28.5 Å². The van der Waals surface area contributed by atoms with E-state index in [2.05, 4.69) is 0 Å². The van der Waals surface area contributed by atoms with Crippen LogP contribution in [0, 0.1) is 11.8 Å². The molecule has 0 radical (unpaired) electrons. The first-order chi connectivity index (χ1) is 13.9. The highest BCUT2D eigenvalue weighted by atomic mass is 19.3. The molecule has 0 aromatic heterocycles. The van der Waals surface area contributed by atoms with E-state index in [1.807, 2.05) is 0 Å². The summed E-state index contributed by atoms with van der Waals surface area (Å²) in [4.78, 5) is 0. The van der Waals surface area contributed by atoms with E-state index in [4.69, 9.17) is 9.47 Å². The molecule has 2 rings (SSSR count). The molecule has 0 aliphatic heterocycles. The van der Waals surface area contributed by atoms with Crippen LogP contribution in [0.2, 0.25) is 0 Å². The van der Waals surface area contributed by atoms with Crippen molar-refractivity contribution in [3.8, 4) is 5.75 Å². The molecule has 0 amide bonds. The van der Waals surface area contributed by atoms with Crippen molar-refractivity contribution in [1.29, 1.82) is 0 Å². The number of halogens is 2. The van der Waals surface area contributed by atoms with Crippen molar-refractivity contribution in [3.63, 3.8) is 0 Å². The van der Waals surface area contributed by atoms with Gasteiger partial charge in [-0.05, 0) is 49.7 Å². The summed E-state index contributed by atoms with van der Waals surface area (Å²) in [5, 5.41) is 20.6. The smallest absolute Gasteiger partial charge is 0.281 e. The molecule has 0 spiro atoms. The standard InChI is InChI=1S/C23H36F2O4/c1-28-15-9-4-2-3-8-12-19-20(22(27)16-21(19)26)13-14-23(24,25)17-29-18-10-6-5-7-11-18/h5-7,10-11,19-22,26-27H,2-4,8-9,12-17H2,1H3/t19-,20-,21+,22-/m1/s1. The minimum absolute atomic E-state index is 0.102. The number of benzene rings is 1. The third kappa shape index (κ3) is 8.57. The highest BCUT2D eigenvalue weighted by Gasteiger charge is 2.42. The maximum Gasteiger partial charge on any atom is 0.281 e. The van der Waals surface area contributed by atoms with E-state index in [0.717, 1.165) is 45.1 Å². The normalized spacial score (nSPS) is 24.7. The van der Waals surface area contributed by atoms with Gasteiger partial charge in [-0.25, -0.2) is 8.78 Å². The Bertz CT molecular complexity index is 555. The summed E-state index contributed by atoms with van der Waals surface area (Å²) >= 11 is 0. The van der Waals surface area contributed by atoms with Gasteiger partial charge in [0.15, 0.2) is 6.61 Å². The molecule has 0 saturated heterocycles. The number of rotatable bonds is 14. The van der Waals surface area contributed by atoms with Gasteiger partial charge in [-0.3, -0.25) is 0 Å². The minimum atomic E-state index is -2.96. The molecular formula is C23H36F2O4. The Morgan fingerprint density at radius 2 is 1.55 bits per heavy atom. The van der Waals surface area contributed by atoms with Gasteiger partial charge in [0.05, 0.1) is 12.2 Å². The number of hydrogen-bond acceptors (Lipinski definition) is 4. The molecule has 1 aliphatic rings. The monoisotopic (exact) mass is 414 g/mol. The van der Waals surface area contributed by atoms with E-state index in [-0.39, 0.29) is 31.1 Å². The van der Waals surface area contributed by atoms with Gasteiger partial charge in [0, 0.05) is 20.1 Å². The number of unbranched alkanes of at least 4 members (excludes halogenated alkanes) is 4. The Kier molecular flexibility index (Phi) is 10.3. The third-order valence-corrected chi connectivity index (χ3v) is 5.94. The molecule has 1 aromatic rings. The molecular weight excluding hydrogens is 378 g/mol. The molecule has 1 aliphatic carbocycles. The van der Waals surface area contributed by atoms with Crippen LogP contribution in [0.5, 0.6) is 5.75 Å². The molecule has 4 atom stereocenters. The fourth-order valence-electron chi connectivity index (χ4n) is 4.29. The van der Waals surface area contributed by atoms with Crippen LogP contribution >= 0.6 is 0 Å². The van der Waals surface area contributed by atoms with Gasteiger partial charge < -0.3 is 19.7 Å². The number of hydrogen-bond donors (Lipinski definition) is 2. The van der Waals surface area contributed by atoms with E-state index in [0.29, 0.717) is 5.75 Å². The van der Waals surface area contributed by atoms with E-state index >= 15 is 0 Å². The molecule has 0 bridgehead atoms. The van der Waals surface area contributed by atoms with Crippen LogP contribution < -0.4 is 4.74 Å². The second kappa shape index (κ2) is 12.5. The summed E-state index contributed by atoms with van der Waals surface area (Å²) in [5.41, 5.74) is 0. The van der Waals surface area contributed by atoms with Crippen molar-refractivity contribution in [1.82, 2.24) is 0 Å². The molecule has 1 aromatic carbocycles. The Morgan fingerprint density at radius 3 is 2.24 bits per heavy atom. The largest absolute Gasteiger partial charge is 0.487 e. The van der Waals surface area contributed by atoms with Gasteiger partial charge in [-0.1, -0.05) is 43.9 Å². The SMILES string of the molecule is COCCCCCCC[C@@H]1[C@@H](CCC(F)(F)COc2ccccc2)[C@H](O)C[C@@H]1O. The maximum absolute atomic E-state index is 14.3. The lowest BCUT2D eigenvalue weighted by Gasteiger charge is -2.26. The summed E-state index contributed by atoms with van der Waals surface area (Å²) in [6, 6.07) is 8.59. The zero-order valence-electron chi connectivity index (χ0n) is 17.4. The number of ether oxygens (including phenoxy) is 2. The van der Waals surface area contributed by atoms with Gasteiger partial charge in [0.2, 0.25) is 0 Å². The van der Waals surface area contributed by atoms with E-state index < -0.39 is 24.7 Å². The van der Waals surface area contributed by atoms with Crippen molar-refractivity contribution in [3.05, 3.63) is 30.3 Å². The quantitative estimate of drug-likeness (QED) is 0.428. The van der Waals surface area contributed by atoms with Crippen molar-refractivity contribution in [2.75, 3.05) is 20.3 Å². The lowest BCUT2D eigenvalue weighted by Crippen LogP contribution is -2.29. The molecule has 0 heterocycles. The predicted molar refractivity (Wildman–Crippen MR) is 109 cm³/mol. The number of methoxy groups -OCH3 is 1. The summed E-state index contributed by atoms with van der Waals surface area (Å²) in [6.07, 6.45) is 4.87. The summed E-state index contributed by atoms with van der Waals surface area (Å²) < 4.78 is 38.8. The summed E-state index contributed by atoms with van der Waals surface area (Å²) in [5.74, 6) is -2.92. The molecule has 1 saturated carbocycles. The Labute approximate surface area is 173 Å². The zero-order valence-corrected chi connectivity index (χ0v) is 17.4.